The monoisotopic (exact) mass is 397 g/mol. The van der Waals surface area contributed by atoms with Crippen LogP contribution < -0.4 is 15.6 Å². The van der Waals surface area contributed by atoms with E-state index in [0.717, 1.165) is 7.11 Å². The lowest BCUT2D eigenvalue weighted by molar-refractivity contribution is -0.151. The molecule has 2 aliphatic heterocycles. The summed E-state index contributed by atoms with van der Waals surface area (Å²) >= 11 is 0. The summed E-state index contributed by atoms with van der Waals surface area (Å²) in [6.45, 7) is 1.65. The molecule has 3 rings (SSSR count). The molecule has 1 aromatic rings. The Morgan fingerprint density at radius 2 is 2.18 bits per heavy atom. The van der Waals surface area contributed by atoms with Crippen LogP contribution in [0, 0.1) is 0 Å². The van der Waals surface area contributed by atoms with Gasteiger partial charge in [0.05, 0.1) is 20.3 Å². The van der Waals surface area contributed by atoms with E-state index in [0.29, 0.717) is 19.8 Å². The van der Waals surface area contributed by atoms with E-state index < -0.39 is 36.4 Å². The lowest BCUT2D eigenvalue weighted by atomic mass is 10.2. The zero-order chi connectivity index (χ0) is 20.3. The summed E-state index contributed by atoms with van der Waals surface area (Å²) in [6.07, 6.45) is -1.33. The van der Waals surface area contributed by atoms with Crippen LogP contribution in [0.15, 0.2) is 17.1 Å². The molecule has 0 spiro atoms. The molecular weight excluding hydrogens is 378 g/mol. The van der Waals surface area contributed by atoms with Crippen molar-refractivity contribution in [2.24, 2.45) is 0 Å². The van der Waals surface area contributed by atoms with Crippen LogP contribution in [0.25, 0.3) is 0 Å². The van der Waals surface area contributed by atoms with Crippen LogP contribution >= 0.6 is 0 Å². The Hall–Kier alpha value is -3.28. The first-order valence-corrected chi connectivity index (χ1v) is 8.37. The van der Waals surface area contributed by atoms with E-state index in [1.54, 1.807) is 0 Å². The smallest absolute Gasteiger partial charge is 0.466 e. The molecule has 1 saturated heterocycles. The molecule has 2 aliphatic rings. The average molecular weight is 397 g/mol. The zero-order valence-corrected chi connectivity index (χ0v) is 15.2. The van der Waals surface area contributed by atoms with Crippen molar-refractivity contribution in [1.29, 1.82) is 0 Å². The third-order valence-electron chi connectivity index (χ3n) is 4.12. The van der Waals surface area contributed by atoms with Crippen molar-refractivity contribution in [3.63, 3.8) is 0 Å². The van der Waals surface area contributed by atoms with E-state index >= 15 is 0 Å². The van der Waals surface area contributed by atoms with Crippen LogP contribution in [0.2, 0.25) is 0 Å². The van der Waals surface area contributed by atoms with E-state index in [1.165, 1.54) is 28.8 Å². The van der Waals surface area contributed by atoms with Crippen molar-refractivity contribution in [3.05, 3.63) is 28.2 Å². The van der Waals surface area contributed by atoms with E-state index in [1.807, 2.05) is 0 Å². The molecule has 3 heterocycles. The third kappa shape index (κ3) is 3.86. The molecule has 0 aromatic carbocycles. The molecule has 0 bridgehead atoms. The Bertz CT molecular complexity index is 837. The molecule has 2 atom stereocenters. The fraction of sp³-hybridized carbons (Fsp3) is 0.500. The number of hydrogen-bond donors (Lipinski definition) is 1. The summed E-state index contributed by atoms with van der Waals surface area (Å²) in [5.74, 6) is -1.45. The third-order valence-corrected chi connectivity index (χ3v) is 4.12. The predicted molar refractivity (Wildman–Crippen MR) is 90.2 cm³/mol. The van der Waals surface area contributed by atoms with Gasteiger partial charge in [-0.3, -0.25) is 14.3 Å². The summed E-state index contributed by atoms with van der Waals surface area (Å²) in [4.78, 5) is 49.3. The summed E-state index contributed by atoms with van der Waals surface area (Å²) < 4.78 is 25.7. The number of morpholine rings is 1. The summed E-state index contributed by atoms with van der Waals surface area (Å²) in [5, 5.41) is 0. The van der Waals surface area contributed by atoms with E-state index in [9.17, 15) is 19.2 Å². The number of nitrogens with zero attached hydrogens (tertiary/aromatic N) is 2. The second-order valence-electron chi connectivity index (χ2n) is 5.89. The number of pyridine rings is 1. The van der Waals surface area contributed by atoms with Crippen molar-refractivity contribution < 1.29 is 38.1 Å². The van der Waals surface area contributed by atoms with Crippen molar-refractivity contribution >= 4 is 18.0 Å². The van der Waals surface area contributed by atoms with Gasteiger partial charge in [-0.05, 0) is 6.92 Å². The minimum absolute atomic E-state index is 0.0226. The molecule has 12 heteroatoms. The first-order valence-electron chi connectivity index (χ1n) is 8.37. The molecule has 0 radical (unpaired) electrons. The zero-order valence-electron chi connectivity index (χ0n) is 15.2. The van der Waals surface area contributed by atoms with Gasteiger partial charge in [0.1, 0.15) is 6.17 Å². The molecule has 0 saturated carbocycles. The molecule has 0 aliphatic carbocycles. The fourth-order valence-electron chi connectivity index (χ4n) is 2.75. The largest absolute Gasteiger partial charge is 0.512 e. The maximum absolute atomic E-state index is 12.8. The second kappa shape index (κ2) is 8.17. The van der Waals surface area contributed by atoms with Gasteiger partial charge in [-0.25, -0.2) is 9.59 Å². The number of carbonyl (C=O) groups is 3. The molecule has 1 amide bonds. The quantitative estimate of drug-likeness (QED) is 0.500. The lowest BCUT2D eigenvalue weighted by Crippen LogP contribution is -2.59. The first kappa shape index (κ1) is 19.5. The van der Waals surface area contributed by atoms with Gasteiger partial charge >= 0.3 is 12.1 Å². The average Bonchev–Trinajstić information content (AvgIpc) is 2.69. The summed E-state index contributed by atoms with van der Waals surface area (Å²) in [5.41, 5.74) is 2.45. The molecule has 1 N–H and O–H groups in total. The van der Waals surface area contributed by atoms with Crippen LogP contribution in [0.4, 0.5) is 4.79 Å². The molecular formula is C16H19N3O9. The number of amides is 1. The Morgan fingerprint density at radius 1 is 1.39 bits per heavy atom. The van der Waals surface area contributed by atoms with Crippen molar-refractivity contribution in [2.75, 3.05) is 39.1 Å². The van der Waals surface area contributed by atoms with Gasteiger partial charge in [0, 0.05) is 18.8 Å². The van der Waals surface area contributed by atoms with Gasteiger partial charge in [-0.15, -0.1) is 0 Å². The number of ether oxygens (including phenoxy) is 5. The van der Waals surface area contributed by atoms with Gasteiger partial charge in [0.15, 0.2) is 11.8 Å². The highest BCUT2D eigenvalue weighted by Gasteiger charge is 2.37. The van der Waals surface area contributed by atoms with Crippen molar-refractivity contribution in [3.8, 4) is 5.75 Å². The van der Waals surface area contributed by atoms with Gasteiger partial charge in [-0.1, -0.05) is 0 Å². The number of carbonyl (C=O) groups excluding carboxylic acids is 3. The van der Waals surface area contributed by atoms with Crippen LogP contribution in [0.3, 0.4) is 0 Å². The Morgan fingerprint density at radius 3 is 2.93 bits per heavy atom. The highest BCUT2D eigenvalue weighted by molar-refractivity contribution is 5.96. The number of aromatic nitrogens is 1. The van der Waals surface area contributed by atoms with Gasteiger partial charge in [-0.2, -0.15) is 0 Å². The molecule has 12 nitrogen and oxygen atoms in total. The Kier molecular flexibility index (Phi) is 5.68. The maximum atomic E-state index is 12.8. The van der Waals surface area contributed by atoms with Gasteiger partial charge < -0.3 is 34.0 Å². The molecule has 1 aromatic heterocycles. The first-order chi connectivity index (χ1) is 13.4. The van der Waals surface area contributed by atoms with Crippen LogP contribution in [0.5, 0.6) is 5.75 Å². The van der Waals surface area contributed by atoms with Crippen LogP contribution in [-0.2, 0) is 23.7 Å². The minimum Gasteiger partial charge on any atom is -0.466 e. The Balaban J connectivity index is 1.68. The van der Waals surface area contributed by atoms with E-state index in [-0.39, 0.29) is 17.6 Å². The van der Waals surface area contributed by atoms with Crippen molar-refractivity contribution in [2.45, 2.75) is 19.2 Å². The molecule has 0 unspecified atom stereocenters. The van der Waals surface area contributed by atoms with Crippen LogP contribution in [0.1, 0.15) is 17.4 Å². The number of fused-ring (bicyclic) bond motifs is 2. The van der Waals surface area contributed by atoms with E-state index in [4.69, 9.17) is 14.2 Å². The molecule has 1 fully saturated rings. The number of rotatable bonds is 5. The SMILES string of the molecule is COC(=O)[C@@H](C)OC(=O)OCOc1c2n(ccc1=O)N[C@@H]1COCCN1C2=O. The summed E-state index contributed by atoms with van der Waals surface area (Å²) in [6, 6.07) is 1.20. The minimum atomic E-state index is -1.19. The fourth-order valence-corrected chi connectivity index (χ4v) is 2.75. The number of methoxy groups -OCH3 is 1. The van der Waals surface area contributed by atoms with Crippen molar-refractivity contribution in [1.82, 2.24) is 9.58 Å². The number of hydrogen-bond acceptors (Lipinski definition) is 10. The lowest BCUT2D eigenvalue weighted by Gasteiger charge is -2.41. The maximum Gasteiger partial charge on any atom is 0.512 e. The number of esters is 1. The van der Waals surface area contributed by atoms with E-state index in [2.05, 4.69) is 14.9 Å². The highest BCUT2D eigenvalue weighted by Crippen LogP contribution is 2.22. The normalized spacial score (nSPS) is 18.9. The molecule has 28 heavy (non-hydrogen) atoms. The van der Waals surface area contributed by atoms with Gasteiger partial charge in [0.2, 0.25) is 18.0 Å². The molecule has 152 valence electrons. The standard InChI is InChI=1S/C16H19N3O9/c1-9(15(22)24-2)28-16(23)27-8-26-13-10(20)3-4-19-12(13)14(21)18-5-6-25-7-11(18)17-19/h3-4,9,11,17H,5-8H2,1-2H3/t9-,11+/m1/s1. The summed E-state index contributed by atoms with van der Waals surface area (Å²) in [7, 11) is 1.15. The van der Waals surface area contributed by atoms with Gasteiger partial charge in [0.25, 0.3) is 5.91 Å². The topological polar surface area (TPSA) is 135 Å². The van der Waals surface area contributed by atoms with Crippen LogP contribution in [-0.4, -0.2) is 73.5 Å². The second-order valence-corrected chi connectivity index (χ2v) is 5.89. The predicted octanol–water partition coefficient (Wildman–Crippen LogP) is -0.745. The Labute approximate surface area is 158 Å². The highest BCUT2D eigenvalue weighted by atomic mass is 16.8. The number of nitrogens with one attached hydrogen (secondary N) is 1.